The molecule has 3 nitrogen and oxygen atoms in total. The van der Waals surface area contributed by atoms with Gasteiger partial charge in [-0.05, 0) is 24.3 Å². The molecule has 0 fully saturated rings. The Morgan fingerprint density at radius 2 is 1.58 bits per heavy atom. The van der Waals surface area contributed by atoms with Crippen LogP contribution >= 0.6 is 11.6 Å². The van der Waals surface area contributed by atoms with Gasteiger partial charge in [0.15, 0.2) is 11.6 Å². The van der Waals surface area contributed by atoms with Gasteiger partial charge in [0, 0.05) is 23.2 Å². The fraction of sp³-hybridized carbons (Fsp3) is 0.0667. The van der Waals surface area contributed by atoms with Gasteiger partial charge in [-0.3, -0.25) is 0 Å². The van der Waals surface area contributed by atoms with Gasteiger partial charge in [-0.2, -0.15) is 5.10 Å². The van der Waals surface area contributed by atoms with Gasteiger partial charge in [-0.25, -0.2) is 9.67 Å². The highest BCUT2D eigenvalue weighted by Crippen LogP contribution is 2.22. The number of hydrogen-bond donors (Lipinski definition) is 0. The Bertz CT molecular complexity index is 687. The Morgan fingerprint density at radius 3 is 2.26 bits per heavy atom. The maximum absolute atomic E-state index is 5.90. The summed E-state index contributed by atoms with van der Waals surface area (Å²) in [7, 11) is 1.89. The summed E-state index contributed by atoms with van der Waals surface area (Å²) in [6, 6.07) is 17.5. The maximum atomic E-state index is 5.90. The van der Waals surface area contributed by atoms with E-state index in [1.54, 1.807) is 4.68 Å². The predicted octanol–water partition coefficient (Wildman–Crippen LogP) is 3.80. The predicted molar refractivity (Wildman–Crippen MR) is 76.9 cm³/mol. The second kappa shape index (κ2) is 4.86. The first kappa shape index (κ1) is 11.9. The molecule has 2 aromatic carbocycles. The number of rotatable bonds is 2. The average molecular weight is 270 g/mol. The van der Waals surface area contributed by atoms with Crippen molar-refractivity contribution in [1.29, 1.82) is 0 Å². The molecule has 0 spiro atoms. The lowest BCUT2D eigenvalue weighted by molar-refractivity contribution is 0.777. The second-order valence-corrected chi connectivity index (χ2v) is 4.69. The van der Waals surface area contributed by atoms with E-state index in [1.807, 2.05) is 61.6 Å². The van der Waals surface area contributed by atoms with Gasteiger partial charge < -0.3 is 0 Å². The molecule has 0 unspecified atom stereocenters. The van der Waals surface area contributed by atoms with Crippen LogP contribution in [0, 0.1) is 0 Å². The van der Waals surface area contributed by atoms with Crippen molar-refractivity contribution in [3.8, 4) is 22.8 Å². The van der Waals surface area contributed by atoms with Crippen molar-refractivity contribution in [2.45, 2.75) is 0 Å². The first-order valence-corrected chi connectivity index (χ1v) is 6.34. The lowest BCUT2D eigenvalue weighted by Gasteiger charge is -1.99. The molecule has 1 heterocycles. The second-order valence-electron chi connectivity index (χ2n) is 4.26. The van der Waals surface area contributed by atoms with E-state index in [9.17, 15) is 0 Å². The molecule has 0 aliphatic heterocycles. The van der Waals surface area contributed by atoms with Crippen LogP contribution in [0.25, 0.3) is 22.8 Å². The van der Waals surface area contributed by atoms with Crippen LogP contribution in [-0.2, 0) is 7.05 Å². The van der Waals surface area contributed by atoms with E-state index in [0.717, 1.165) is 22.8 Å². The monoisotopic (exact) mass is 269 g/mol. The molecule has 0 amide bonds. The minimum absolute atomic E-state index is 0.717. The minimum atomic E-state index is 0.717. The Hall–Kier alpha value is -2.13. The Morgan fingerprint density at radius 1 is 0.895 bits per heavy atom. The quantitative estimate of drug-likeness (QED) is 0.708. The number of halogens is 1. The van der Waals surface area contributed by atoms with Crippen molar-refractivity contribution >= 4 is 11.6 Å². The third-order valence-electron chi connectivity index (χ3n) is 2.90. The zero-order valence-electron chi connectivity index (χ0n) is 10.4. The molecule has 3 aromatic rings. The summed E-state index contributed by atoms with van der Waals surface area (Å²) in [5, 5.41) is 5.17. The van der Waals surface area contributed by atoms with Gasteiger partial charge in [0.05, 0.1) is 0 Å². The van der Waals surface area contributed by atoms with E-state index in [0.29, 0.717) is 5.02 Å². The first-order valence-electron chi connectivity index (χ1n) is 5.96. The summed E-state index contributed by atoms with van der Waals surface area (Å²) in [5.74, 6) is 1.56. The molecule has 0 saturated carbocycles. The van der Waals surface area contributed by atoms with Crippen molar-refractivity contribution in [2.75, 3.05) is 0 Å². The number of aromatic nitrogens is 3. The highest BCUT2D eigenvalue weighted by Gasteiger charge is 2.10. The Balaban J connectivity index is 2.05. The molecule has 1 aromatic heterocycles. The standard InChI is InChI=1S/C15H12ClN3/c1-19-15(12-7-9-13(16)10-8-12)17-14(18-19)11-5-3-2-4-6-11/h2-10H,1H3. The first-order chi connectivity index (χ1) is 9.24. The van der Waals surface area contributed by atoms with Crippen LogP contribution in [0.3, 0.4) is 0 Å². The number of aryl methyl sites for hydroxylation is 1. The number of nitrogens with zero attached hydrogens (tertiary/aromatic N) is 3. The maximum Gasteiger partial charge on any atom is 0.181 e. The highest BCUT2D eigenvalue weighted by atomic mass is 35.5. The van der Waals surface area contributed by atoms with E-state index in [-0.39, 0.29) is 0 Å². The fourth-order valence-electron chi connectivity index (χ4n) is 1.94. The summed E-state index contributed by atoms with van der Waals surface area (Å²) in [5.41, 5.74) is 2.01. The van der Waals surface area contributed by atoms with E-state index in [1.165, 1.54) is 0 Å². The topological polar surface area (TPSA) is 30.7 Å². The van der Waals surface area contributed by atoms with Crippen LogP contribution in [0.2, 0.25) is 5.02 Å². The lowest BCUT2D eigenvalue weighted by Crippen LogP contribution is -1.94. The van der Waals surface area contributed by atoms with Crippen LogP contribution in [0.4, 0.5) is 0 Å². The average Bonchev–Trinajstić information content (AvgIpc) is 2.83. The zero-order valence-corrected chi connectivity index (χ0v) is 11.2. The van der Waals surface area contributed by atoms with E-state index < -0.39 is 0 Å². The fourth-order valence-corrected chi connectivity index (χ4v) is 2.07. The van der Waals surface area contributed by atoms with Gasteiger partial charge in [0.1, 0.15) is 0 Å². The Labute approximate surface area is 116 Å². The zero-order chi connectivity index (χ0) is 13.2. The van der Waals surface area contributed by atoms with Gasteiger partial charge >= 0.3 is 0 Å². The summed E-state index contributed by atoms with van der Waals surface area (Å²) < 4.78 is 1.78. The van der Waals surface area contributed by atoms with Crippen LogP contribution in [0.15, 0.2) is 54.6 Å². The highest BCUT2D eigenvalue weighted by molar-refractivity contribution is 6.30. The number of benzene rings is 2. The molecule has 0 bridgehead atoms. The number of hydrogen-bond acceptors (Lipinski definition) is 2. The molecule has 0 aliphatic carbocycles. The van der Waals surface area contributed by atoms with Gasteiger partial charge in [0.25, 0.3) is 0 Å². The molecule has 3 rings (SSSR count). The normalized spacial score (nSPS) is 10.6. The Kier molecular flexibility index (Phi) is 3.05. The van der Waals surface area contributed by atoms with Crippen molar-refractivity contribution in [3.05, 3.63) is 59.6 Å². The molecule has 0 radical (unpaired) electrons. The summed E-state index contributed by atoms with van der Waals surface area (Å²) in [6.07, 6.45) is 0. The smallest absolute Gasteiger partial charge is 0.181 e. The molecule has 4 heteroatoms. The van der Waals surface area contributed by atoms with Crippen molar-refractivity contribution in [3.63, 3.8) is 0 Å². The van der Waals surface area contributed by atoms with Crippen LogP contribution in [0.5, 0.6) is 0 Å². The largest absolute Gasteiger partial charge is 0.248 e. The molecule has 0 aliphatic rings. The van der Waals surface area contributed by atoms with E-state index in [4.69, 9.17) is 11.6 Å². The van der Waals surface area contributed by atoms with E-state index in [2.05, 4.69) is 10.1 Å². The van der Waals surface area contributed by atoms with Crippen LogP contribution < -0.4 is 0 Å². The van der Waals surface area contributed by atoms with Crippen molar-refractivity contribution in [1.82, 2.24) is 14.8 Å². The van der Waals surface area contributed by atoms with Gasteiger partial charge in [-0.15, -0.1) is 0 Å². The summed E-state index contributed by atoms with van der Waals surface area (Å²) in [4.78, 5) is 4.59. The molecular weight excluding hydrogens is 258 g/mol. The minimum Gasteiger partial charge on any atom is -0.248 e. The molecule has 0 N–H and O–H groups in total. The van der Waals surface area contributed by atoms with Gasteiger partial charge in [0.2, 0.25) is 0 Å². The van der Waals surface area contributed by atoms with Crippen LogP contribution in [-0.4, -0.2) is 14.8 Å². The van der Waals surface area contributed by atoms with Crippen molar-refractivity contribution in [2.24, 2.45) is 7.05 Å². The third kappa shape index (κ3) is 2.37. The van der Waals surface area contributed by atoms with Gasteiger partial charge in [-0.1, -0.05) is 41.9 Å². The van der Waals surface area contributed by atoms with Crippen molar-refractivity contribution < 1.29 is 0 Å². The lowest BCUT2D eigenvalue weighted by atomic mass is 10.2. The molecule has 94 valence electrons. The van der Waals surface area contributed by atoms with Crippen LogP contribution in [0.1, 0.15) is 0 Å². The summed E-state index contributed by atoms with van der Waals surface area (Å²) in [6.45, 7) is 0. The SMILES string of the molecule is Cn1nc(-c2ccccc2)nc1-c1ccc(Cl)cc1. The summed E-state index contributed by atoms with van der Waals surface area (Å²) >= 11 is 5.90. The molecule has 0 atom stereocenters. The third-order valence-corrected chi connectivity index (χ3v) is 3.15. The molecule has 0 saturated heterocycles. The van der Waals surface area contributed by atoms with E-state index >= 15 is 0 Å². The molecule has 19 heavy (non-hydrogen) atoms. The molecular formula is C15H12ClN3.